The van der Waals surface area contributed by atoms with Crippen LogP contribution >= 0.6 is 0 Å². The quantitative estimate of drug-likeness (QED) is 0.533. The van der Waals surface area contributed by atoms with Gasteiger partial charge in [0.25, 0.3) is 0 Å². The lowest BCUT2D eigenvalue weighted by Gasteiger charge is -2.29. The second kappa shape index (κ2) is 7.66. The van der Waals surface area contributed by atoms with Crippen molar-refractivity contribution in [2.24, 2.45) is 11.8 Å². The van der Waals surface area contributed by atoms with E-state index in [2.05, 4.69) is 32.0 Å². The molecule has 1 aromatic carbocycles. The van der Waals surface area contributed by atoms with Crippen molar-refractivity contribution in [3.05, 3.63) is 34.9 Å². The molecule has 122 valence electrons. The summed E-state index contributed by atoms with van der Waals surface area (Å²) in [5, 5.41) is 0. The highest BCUT2D eigenvalue weighted by Gasteiger charge is 2.22. The first-order valence-electron chi connectivity index (χ1n) is 9.88. The molecular formula is C22H34. The summed E-state index contributed by atoms with van der Waals surface area (Å²) in [6.45, 7) is 4.73. The summed E-state index contributed by atoms with van der Waals surface area (Å²) in [6, 6.07) is 7.53. The van der Waals surface area contributed by atoms with Gasteiger partial charge in [0, 0.05) is 0 Å². The summed E-state index contributed by atoms with van der Waals surface area (Å²) in [5.74, 6) is 2.77. The van der Waals surface area contributed by atoms with Crippen molar-refractivity contribution in [1.82, 2.24) is 0 Å². The maximum atomic E-state index is 2.58. The Kier molecular flexibility index (Phi) is 5.61. The molecule has 0 saturated heterocycles. The summed E-state index contributed by atoms with van der Waals surface area (Å²) in [4.78, 5) is 0. The van der Waals surface area contributed by atoms with E-state index in [-0.39, 0.29) is 0 Å². The SMILES string of the molecule is CCCCCC1CCc2cc([C@H]3CC[C@H](C)CC3)ccc2C1. The van der Waals surface area contributed by atoms with E-state index in [4.69, 9.17) is 0 Å². The first-order chi connectivity index (χ1) is 10.8. The van der Waals surface area contributed by atoms with Crippen LogP contribution in [0.5, 0.6) is 0 Å². The van der Waals surface area contributed by atoms with E-state index in [0.29, 0.717) is 0 Å². The number of benzene rings is 1. The monoisotopic (exact) mass is 298 g/mol. The molecule has 0 aliphatic heterocycles. The third-order valence-corrected chi connectivity index (χ3v) is 6.26. The molecule has 0 amide bonds. The van der Waals surface area contributed by atoms with E-state index < -0.39 is 0 Å². The van der Waals surface area contributed by atoms with Crippen molar-refractivity contribution in [2.45, 2.75) is 90.4 Å². The van der Waals surface area contributed by atoms with Gasteiger partial charge in [-0.05, 0) is 66.5 Å². The van der Waals surface area contributed by atoms with Crippen LogP contribution in [0.25, 0.3) is 0 Å². The first-order valence-corrected chi connectivity index (χ1v) is 9.88. The largest absolute Gasteiger partial charge is 0.0654 e. The normalized spacial score (nSPS) is 28.4. The van der Waals surface area contributed by atoms with Gasteiger partial charge in [-0.2, -0.15) is 0 Å². The summed E-state index contributed by atoms with van der Waals surface area (Å²) in [7, 11) is 0. The minimum Gasteiger partial charge on any atom is -0.0654 e. The van der Waals surface area contributed by atoms with Gasteiger partial charge in [0.15, 0.2) is 0 Å². The van der Waals surface area contributed by atoms with Gasteiger partial charge in [0.05, 0.1) is 0 Å². The summed E-state index contributed by atoms with van der Waals surface area (Å²) in [6.07, 6.45) is 15.5. The number of aryl methyl sites for hydroxylation is 1. The molecule has 2 aliphatic rings. The highest BCUT2D eigenvalue weighted by atomic mass is 14.3. The van der Waals surface area contributed by atoms with Crippen LogP contribution in [0.4, 0.5) is 0 Å². The Hall–Kier alpha value is -0.780. The Morgan fingerprint density at radius 3 is 2.55 bits per heavy atom. The van der Waals surface area contributed by atoms with Crippen LogP contribution in [0.2, 0.25) is 0 Å². The first kappa shape index (κ1) is 16.1. The van der Waals surface area contributed by atoms with E-state index >= 15 is 0 Å². The van der Waals surface area contributed by atoms with Gasteiger partial charge in [-0.15, -0.1) is 0 Å². The van der Waals surface area contributed by atoms with Gasteiger partial charge in [0.2, 0.25) is 0 Å². The van der Waals surface area contributed by atoms with E-state index in [1.807, 2.05) is 0 Å². The van der Waals surface area contributed by atoms with E-state index in [9.17, 15) is 0 Å². The lowest BCUT2D eigenvalue weighted by molar-refractivity contribution is 0.347. The zero-order valence-corrected chi connectivity index (χ0v) is 14.7. The van der Waals surface area contributed by atoms with Crippen molar-refractivity contribution in [3.8, 4) is 0 Å². The van der Waals surface area contributed by atoms with Crippen LogP contribution in [0.15, 0.2) is 18.2 Å². The van der Waals surface area contributed by atoms with Crippen LogP contribution in [0.1, 0.15) is 94.2 Å². The number of rotatable bonds is 5. The highest BCUT2D eigenvalue weighted by Crippen LogP contribution is 2.37. The van der Waals surface area contributed by atoms with Gasteiger partial charge in [-0.3, -0.25) is 0 Å². The minimum absolute atomic E-state index is 0.851. The summed E-state index contributed by atoms with van der Waals surface area (Å²) < 4.78 is 0. The van der Waals surface area contributed by atoms with Gasteiger partial charge in [-0.25, -0.2) is 0 Å². The van der Waals surface area contributed by atoms with Crippen molar-refractivity contribution in [3.63, 3.8) is 0 Å². The minimum atomic E-state index is 0.851. The number of unbranched alkanes of at least 4 members (excludes halogenated alkanes) is 2. The maximum Gasteiger partial charge on any atom is -0.0162 e. The third kappa shape index (κ3) is 3.94. The molecule has 0 spiro atoms. The molecule has 3 rings (SSSR count). The maximum absolute atomic E-state index is 2.58. The fourth-order valence-corrected chi connectivity index (χ4v) is 4.63. The van der Waals surface area contributed by atoms with E-state index in [1.165, 1.54) is 70.6 Å². The predicted octanol–water partition coefficient (Wildman–Crippen LogP) is 6.67. The third-order valence-electron chi connectivity index (χ3n) is 6.26. The average molecular weight is 299 g/mol. The zero-order chi connectivity index (χ0) is 15.4. The zero-order valence-electron chi connectivity index (χ0n) is 14.7. The van der Waals surface area contributed by atoms with Crippen molar-refractivity contribution in [2.75, 3.05) is 0 Å². The lowest BCUT2D eigenvalue weighted by Crippen LogP contribution is -2.16. The number of hydrogen-bond acceptors (Lipinski definition) is 0. The lowest BCUT2D eigenvalue weighted by atomic mass is 9.76. The second-order valence-corrected chi connectivity index (χ2v) is 8.09. The Labute approximate surface area is 137 Å². The van der Waals surface area contributed by atoms with Gasteiger partial charge >= 0.3 is 0 Å². The molecule has 2 aliphatic carbocycles. The molecule has 0 heterocycles. The van der Waals surface area contributed by atoms with Crippen molar-refractivity contribution >= 4 is 0 Å². The van der Waals surface area contributed by atoms with Crippen LogP contribution in [0.3, 0.4) is 0 Å². The molecule has 1 saturated carbocycles. The Morgan fingerprint density at radius 1 is 0.955 bits per heavy atom. The van der Waals surface area contributed by atoms with E-state index in [0.717, 1.165) is 17.8 Å². The van der Waals surface area contributed by atoms with Gasteiger partial charge < -0.3 is 0 Å². The average Bonchev–Trinajstić information content (AvgIpc) is 2.55. The van der Waals surface area contributed by atoms with Crippen LogP contribution in [0, 0.1) is 11.8 Å². The van der Waals surface area contributed by atoms with Crippen LogP contribution in [-0.2, 0) is 12.8 Å². The number of hydrogen-bond donors (Lipinski definition) is 0. The Morgan fingerprint density at radius 2 is 1.77 bits per heavy atom. The predicted molar refractivity (Wildman–Crippen MR) is 96.5 cm³/mol. The second-order valence-electron chi connectivity index (χ2n) is 8.09. The number of fused-ring (bicyclic) bond motifs is 1. The Bertz CT molecular complexity index is 465. The standard InChI is InChI=1S/C22H34/c1-3-4-5-6-18-9-12-22-16-21(14-13-20(22)15-18)19-10-7-17(2)8-11-19/h13-14,16-19H,3-12,15H2,1-2H3/t17-,18?,19-. The molecule has 0 N–H and O–H groups in total. The fourth-order valence-electron chi connectivity index (χ4n) is 4.63. The van der Waals surface area contributed by atoms with Crippen molar-refractivity contribution < 1.29 is 0 Å². The molecular weight excluding hydrogens is 264 g/mol. The van der Waals surface area contributed by atoms with Crippen molar-refractivity contribution in [1.29, 1.82) is 0 Å². The van der Waals surface area contributed by atoms with E-state index in [1.54, 1.807) is 16.7 Å². The summed E-state index contributed by atoms with van der Waals surface area (Å²) in [5.41, 5.74) is 5.00. The molecule has 0 nitrogen and oxygen atoms in total. The Balaban J connectivity index is 1.61. The molecule has 0 aromatic heterocycles. The molecule has 1 atom stereocenters. The molecule has 0 heteroatoms. The van der Waals surface area contributed by atoms with Gasteiger partial charge in [0.1, 0.15) is 0 Å². The molecule has 0 bridgehead atoms. The van der Waals surface area contributed by atoms with Crippen LogP contribution in [-0.4, -0.2) is 0 Å². The molecule has 22 heavy (non-hydrogen) atoms. The highest BCUT2D eigenvalue weighted by molar-refractivity contribution is 5.36. The summed E-state index contributed by atoms with van der Waals surface area (Å²) >= 11 is 0. The molecule has 1 unspecified atom stereocenters. The van der Waals surface area contributed by atoms with Gasteiger partial charge in [-0.1, -0.05) is 70.6 Å². The van der Waals surface area contributed by atoms with Crippen LogP contribution < -0.4 is 0 Å². The topological polar surface area (TPSA) is 0 Å². The molecule has 0 radical (unpaired) electrons. The smallest absolute Gasteiger partial charge is 0.0162 e. The fraction of sp³-hybridized carbons (Fsp3) is 0.727. The molecule has 1 fully saturated rings. The molecule has 1 aromatic rings.